The fourth-order valence-electron chi connectivity index (χ4n) is 3.01. The quantitative estimate of drug-likeness (QED) is 0.360. The zero-order chi connectivity index (χ0) is 22.0. The number of fused-ring (bicyclic) bond motifs is 1. The van der Waals surface area contributed by atoms with Crippen LogP contribution in [0.3, 0.4) is 0 Å². The van der Waals surface area contributed by atoms with Gasteiger partial charge >= 0.3 is 0 Å². The molecule has 0 aliphatic rings. The van der Waals surface area contributed by atoms with Gasteiger partial charge in [0.15, 0.2) is 10.3 Å². The van der Waals surface area contributed by atoms with E-state index in [0.29, 0.717) is 15.8 Å². The summed E-state index contributed by atoms with van der Waals surface area (Å²) in [6.07, 6.45) is 1.77. The highest BCUT2D eigenvalue weighted by molar-refractivity contribution is 7.22. The summed E-state index contributed by atoms with van der Waals surface area (Å²) in [5.41, 5.74) is 3.60. The Bertz CT molecular complexity index is 1310. The van der Waals surface area contributed by atoms with Crippen molar-refractivity contribution >= 4 is 67.4 Å². The minimum atomic E-state index is -0.244. The molecule has 0 fully saturated rings. The van der Waals surface area contributed by atoms with Crippen LogP contribution in [0.15, 0.2) is 54.7 Å². The summed E-state index contributed by atoms with van der Waals surface area (Å²) in [7, 11) is 0. The number of anilines is 2. The maximum Gasteiger partial charge on any atom is 0.228 e. The summed E-state index contributed by atoms with van der Waals surface area (Å²) >= 11 is 13.7. The zero-order valence-corrected chi connectivity index (χ0v) is 18.6. The van der Waals surface area contributed by atoms with Crippen molar-refractivity contribution in [3.05, 3.63) is 70.5 Å². The van der Waals surface area contributed by atoms with E-state index in [1.165, 1.54) is 18.3 Å². The summed E-state index contributed by atoms with van der Waals surface area (Å²) in [6.45, 7) is 1.44. The van der Waals surface area contributed by atoms with Gasteiger partial charge in [-0.3, -0.25) is 9.59 Å². The Morgan fingerprint density at radius 1 is 1.03 bits per heavy atom. The number of hydrogen-bond donors (Lipinski definition) is 2. The van der Waals surface area contributed by atoms with Crippen molar-refractivity contribution in [2.75, 3.05) is 10.6 Å². The summed E-state index contributed by atoms with van der Waals surface area (Å²) < 4.78 is 0.917. The lowest BCUT2D eigenvalue weighted by atomic mass is 10.1. The third-order valence-electron chi connectivity index (χ3n) is 4.43. The molecule has 0 saturated heterocycles. The maximum atomic E-state index is 12.5. The van der Waals surface area contributed by atoms with E-state index >= 15 is 0 Å². The van der Waals surface area contributed by atoms with Gasteiger partial charge in [-0.05, 0) is 35.4 Å². The summed E-state index contributed by atoms with van der Waals surface area (Å²) in [5.74, 6) is -0.412. The molecule has 2 aromatic heterocycles. The average molecular weight is 471 g/mol. The van der Waals surface area contributed by atoms with Crippen LogP contribution in [0.5, 0.6) is 0 Å². The van der Waals surface area contributed by atoms with Gasteiger partial charge in [0.05, 0.1) is 22.3 Å². The normalized spacial score (nSPS) is 10.8. The van der Waals surface area contributed by atoms with Crippen LogP contribution in [0.1, 0.15) is 12.5 Å². The van der Waals surface area contributed by atoms with Gasteiger partial charge in [-0.15, -0.1) is 0 Å². The predicted octanol–water partition coefficient (Wildman–Crippen LogP) is 5.80. The fourth-order valence-corrected chi connectivity index (χ4v) is 4.32. The second-order valence-corrected chi connectivity index (χ2v) is 8.56. The SMILES string of the molecule is CC(=O)Nc1nc2ccc(-c3cnc(Cl)c(NC(=O)Cc4ccccc4Cl)c3)cc2s1. The van der Waals surface area contributed by atoms with Gasteiger partial charge in [-0.25, -0.2) is 9.97 Å². The molecule has 2 amide bonds. The van der Waals surface area contributed by atoms with Gasteiger partial charge in [-0.2, -0.15) is 0 Å². The van der Waals surface area contributed by atoms with E-state index < -0.39 is 0 Å². The molecule has 0 unspecified atom stereocenters. The lowest BCUT2D eigenvalue weighted by molar-refractivity contribution is -0.116. The molecule has 2 N–H and O–H groups in total. The molecule has 4 rings (SSSR count). The van der Waals surface area contributed by atoms with E-state index in [1.807, 2.05) is 30.3 Å². The van der Waals surface area contributed by atoms with E-state index in [1.54, 1.807) is 24.4 Å². The number of rotatable bonds is 5. The first kappa shape index (κ1) is 21.2. The van der Waals surface area contributed by atoms with Crippen LogP contribution < -0.4 is 10.6 Å². The van der Waals surface area contributed by atoms with E-state index in [4.69, 9.17) is 23.2 Å². The smallest absolute Gasteiger partial charge is 0.228 e. The Kier molecular flexibility index (Phi) is 6.18. The fraction of sp³-hybridized carbons (Fsp3) is 0.0909. The molecule has 0 aliphatic carbocycles. The molecule has 2 heterocycles. The van der Waals surface area contributed by atoms with Crippen molar-refractivity contribution < 1.29 is 9.59 Å². The Morgan fingerprint density at radius 3 is 2.61 bits per heavy atom. The second-order valence-electron chi connectivity index (χ2n) is 6.76. The number of nitrogens with zero attached hydrogens (tertiary/aromatic N) is 2. The largest absolute Gasteiger partial charge is 0.323 e. The molecule has 0 radical (unpaired) electrons. The van der Waals surface area contributed by atoms with Crippen LogP contribution in [0, 0.1) is 0 Å². The molecule has 0 saturated carbocycles. The summed E-state index contributed by atoms with van der Waals surface area (Å²) in [5, 5.41) is 6.78. The first-order valence-electron chi connectivity index (χ1n) is 9.26. The lowest BCUT2D eigenvalue weighted by Gasteiger charge is -2.10. The van der Waals surface area contributed by atoms with Gasteiger partial charge < -0.3 is 10.6 Å². The summed E-state index contributed by atoms with van der Waals surface area (Å²) in [6, 6.07) is 14.7. The molecule has 156 valence electrons. The van der Waals surface area contributed by atoms with Crippen LogP contribution in [0.4, 0.5) is 10.8 Å². The number of halogens is 2. The Morgan fingerprint density at radius 2 is 1.84 bits per heavy atom. The molecule has 0 bridgehead atoms. The monoisotopic (exact) mass is 470 g/mol. The molecule has 2 aromatic carbocycles. The Balaban J connectivity index is 1.57. The number of nitrogens with one attached hydrogen (secondary N) is 2. The van der Waals surface area contributed by atoms with Crippen LogP contribution in [-0.4, -0.2) is 21.8 Å². The molecule has 0 atom stereocenters. The molecule has 6 nitrogen and oxygen atoms in total. The molecular weight excluding hydrogens is 455 g/mol. The number of amides is 2. The van der Waals surface area contributed by atoms with Crippen molar-refractivity contribution in [3.63, 3.8) is 0 Å². The first-order valence-corrected chi connectivity index (χ1v) is 10.8. The predicted molar refractivity (Wildman–Crippen MR) is 126 cm³/mol. The van der Waals surface area contributed by atoms with Crippen molar-refractivity contribution in [2.24, 2.45) is 0 Å². The molecular formula is C22H16Cl2N4O2S. The van der Waals surface area contributed by atoms with Gasteiger partial charge in [-0.1, -0.05) is 58.8 Å². The van der Waals surface area contributed by atoms with Crippen molar-refractivity contribution in [1.82, 2.24) is 9.97 Å². The average Bonchev–Trinajstić information content (AvgIpc) is 3.12. The second kappa shape index (κ2) is 9.01. The van der Waals surface area contributed by atoms with E-state index in [-0.39, 0.29) is 23.4 Å². The third-order valence-corrected chi connectivity index (χ3v) is 6.03. The van der Waals surface area contributed by atoms with Crippen LogP contribution in [0.25, 0.3) is 21.3 Å². The first-order chi connectivity index (χ1) is 14.9. The maximum absolute atomic E-state index is 12.5. The number of carbonyl (C=O) groups excluding carboxylic acids is 2. The lowest BCUT2D eigenvalue weighted by Crippen LogP contribution is -2.15. The number of aromatic nitrogens is 2. The number of pyridine rings is 1. The molecule has 0 aliphatic heterocycles. The number of carbonyl (C=O) groups is 2. The van der Waals surface area contributed by atoms with Crippen molar-refractivity contribution in [2.45, 2.75) is 13.3 Å². The van der Waals surface area contributed by atoms with Gasteiger partial charge in [0.2, 0.25) is 11.8 Å². The molecule has 31 heavy (non-hydrogen) atoms. The minimum absolute atomic E-state index is 0.124. The Labute approximate surface area is 192 Å². The number of thiazole rings is 1. The standard InChI is InChI=1S/C22H16Cl2N4O2S/c1-12(29)26-22-28-17-7-6-13(9-19(17)31-22)15-8-18(21(24)25-11-15)27-20(30)10-14-4-2-3-5-16(14)23/h2-9,11H,10H2,1H3,(H,27,30)(H,26,28,29). The highest BCUT2D eigenvalue weighted by atomic mass is 35.5. The molecule has 9 heteroatoms. The van der Waals surface area contributed by atoms with Crippen LogP contribution in [-0.2, 0) is 16.0 Å². The molecule has 4 aromatic rings. The minimum Gasteiger partial charge on any atom is -0.323 e. The number of benzene rings is 2. The van der Waals surface area contributed by atoms with Gasteiger partial charge in [0.25, 0.3) is 0 Å². The highest BCUT2D eigenvalue weighted by Gasteiger charge is 2.12. The highest BCUT2D eigenvalue weighted by Crippen LogP contribution is 2.32. The molecule has 0 spiro atoms. The van der Waals surface area contributed by atoms with E-state index in [2.05, 4.69) is 20.6 Å². The topological polar surface area (TPSA) is 84.0 Å². The van der Waals surface area contributed by atoms with E-state index in [0.717, 1.165) is 26.9 Å². The van der Waals surface area contributed by atoms with Gasteiger partial charge in [0, 0.05) is 23.7 Å². The number of hydrogen-bond acceptors (Lipinski definition) is 5. The summed E-state index contributed by atoms with van der Waals surface area (Å²) in [4.78, 5) is 32.4. The van der Waals surface area contributed by atoms with Crippen LogP contribution in [0.2, 0.25) is 10.2 Å². The Hall–Kier alpha value is -3.00. The van der Waals surface area contributed by atoms with E-state index in [9.17, 15) is 9.59 Å². The zero-order valence-electron chi connectivity index (χ0n) is 16.3. The van der Waals surface area contributed by atoms with Crippen molar-refractivity contribution in [3.8, 4) is 11.1 Å². The third kappa shape index (κ3) is 5.02. The van der Waals surface area contributed by atoms with Crippen LogP contribution >= 0.6 is 34.5 Å². The van der Waals surface area contributed by atoms with Gasteiger partial charge in [0.1, 0.15) is 0 Å². The van der Waals surface area contributed by atoms with Crippen molar-refractivity contribution in [1.29, 1.82) is 0 Å².